The molecule has 0 saturated carbocycles. The van der Waals surface area contributed by atoms with E-state index in [2.05, 4.69) is 15.0 Å². The Morgan fingerprint density at radius 1 is 0.889 bits per heavy atom. The Labute approximate surface area is 152 Å². The Balaban J connectivity index is 1.73. The van der Waals surface area contributed by atoms with Gasteiger partial charge in [0.25, 0.3) is 5.56 Å². The lowest BCUT2D eigenvalue weighted by atomic mass is 10.2. The molecule has 2 N–H and O–H groups in total. The number of rotatable bonds is 3. The summed E-state index contributed by atoms with van der Waals surface area (Å²) in [6.45, 7) is 0.332. The van der Waals surface area contributed by atoms with Crippen LogP contribution in [-0.2, 0) is 6.54 Å². The van der Waals surface area contributed by atoms with Crippen LogP contribution in [0.3, 0.4) is 0 Å². The number of nitrogens with zero attached hydrogens (tertiary/aromatic N) is 3. The molecule has 0 bridgehead atoms. The number of fused-ring (bicyclic) bond motifs is 3. The first kappa shape index (κ1) is 15.4. The van der Waals surface area contributed by atoms with Crippen LogP contribution in [0.1, 0.15) is 5.56 Å². The Morgan fingerprint density at radius 3 is 2.33 bits per heavy atom. The highest BCUT2D eigenvalue weighted by atomic mass is 16.2. The van der Waals surface area contributed by atoms with E-state index in [0.29, 0.717) is 23.5 Å². The molecule has 0 amide bonds. The summed E-state index contributed by atoms with van der Waals surface area (Å²) in [4.78, 5) is 35.0. The molecule has 0 fully saturated rings. The topological polar surface area (TPSA) is 87.9 Å². The third-order valence-electron chi connectivity index (χ3n) is 4.60. The van der Waals surface area contributed by atoms with Crippen LogP contribution in [0.4, 0.5) is 0 Å². The maximum Gasteiger partial charge on any atom is 0.330 e. The van der Waals surface area contributed by atoms with Crippen molar-refractivity contribution in [2.45, 2.75) is 6.54 Å². The molecule has 132 valence electrons. The quantitative estimate of drug-likeness (QED) is 0.520. The molecule has 0 unspecified atom stereocenters. The van der Waals surface area contributed by atoms with E-state index in [1.54, 1.807) is 4.40 Å². The standard InChI is InChI=1S/C20H15N5O2/c26-18-16-17(25(20(27)23-18)11-13-7-3-1-4-8-13)22-19-21-15(12-24(16)19)14-9-5-2-6-10-14/h1-10,12H,11H2,(H,21,22)(H,23,26,27). The highest BCUT2D eigenvalue weighted by Crippen LogP contribution is 2.21. The monoisotopic (exact) mass is 357 g/mol. The number of hydrogen-bond donors (Lipinski definition) is 2. The molecular weight excluding hydrogens is 342 g/mol. The summed E-state index contributed by atoms with van der Waals surface area (Å²) in [5.74, 6) is 0.516. The zero-order chi connectivity index (χ0) is 18.4. The number of hydrogen-bond acceptors (Lipinski definition) is 3. The van der Waals surface area contributed by atoms with Gasteiger partial charge in [-0.15, -0.1) is 0 Å². The normalized spacial score (nSPS) is 11.4. The van der Waals surface area contributed by atoms with Crippen molar-refractivity contribution in [3.8, 4) is 11.3 Å². The fourth-order valence-corrected chi connectivity index (χ4v) is 3.31. The lowest BCUT2D eigenvalue weighted by Gasteiger charge is -2.06. The largest absolute Gasteiger partial charge is 0.330 e. The van der Waals surface area contributed by atoms with Gasteiger partial charge in [0.1, 0.15) is 0 Å². The van der Waals surface area contributed by atoms with Gasteiger partial charge in [-0.05, 0) is 11.1 Å². The van der Waals surface area contributed by atoms with E-state index in [0.717, 1.165) is 16.8 Å². The highest BCUT2D eigenvalue weighted by molar-refractivity contribution is 5.77. The molecule has 2 aromatic carbocycles. The third kappa shape index (κ3) is 2.48. The molecule has 0 spiro atoms. The summed E-state index contributed by atoms with van der Waals surface area (Å²) in [5.41, 5.74) is 2.57. The van der Waals surface area contributed by atoms with E-state index in [4.69, 9.17) is 0 Å². The first-order valence-corrected chi connectivity index (χ1v) is 8.54. The zero-order valence-corrected chi connectivity index (χ0v) is 14.2. The van der Waals surface area contributed by atoms with Crippen molar-refractivity contribution in [2.75, 3.05) is 0 Å². The molecule has 0 radical (unpaired) electrons. The molecule has 7 heteroatoms. The molecule has 0 aliphatic heterocycles. The molecule has 27 heavy (non-hydrogen) atoms. The Hall–Kier alpha value is -3.87. The third-order valence-corrected chi connectivity index (χ3v) is 4.60. The van der Waals surface area contributed by atoms with Gasteiger partial charge in [0, 0.05) is 6.20 Å². The number of aromatic nitrogens is 5. The van der Waals surface area contributed by atoms with E-state index < -0.39 is 11.2 Å². The Kier molecular flexibility index (Phi) is 3.33. The van der Waals surface area contributed by atoms with Gasteiger partial charge in [0.15, 0.2) is 11.2 Å². The number of H-pyrrole nitrogens is 2. The summed E-state index contributed by atoms with van der Waals surface area (Å²) < 4.78 is 3.17. The zero-order valence-electron chi connectivity index (χ0n) is 14.2. The number of nitrogens with one attached hydrogen (secondary N) is 2. The van der Waals surface area contributed by atoms with Crippen LogP contribution in [0.5, 0.6) is 0 Å². The van der Waals surface area contributed by atoms with Crippen LogP contribution < -0.4 is 11.2 Å². The van der Waals surface area contributed by atoms with E-state index in [-0.39, 0.29) is 0 Å². The molecule has 0 saturated heterocycles. The van der Waals surface area contributed by atoms with Crippen LogP contribution in [-0.4, -0.2) is 23.9 Å². The minimum Gasteiger partial charge on any atom is -0.323 e. The van der Waals surface area contributed by atoms with Crippen LogP contribution in [0.15, 0.2) is 76.4 Å². The molecule has 5 aromatic rings. The van der Waals surface area contributed by atoms with Crippen molar-refractivity contribution in [3.05, 3.63) is 93.3 Å². The van der Waals surface area contributed by atoms with Crippen LogP contribution >= 0.6 is 0 Å². The van der Waals surface area contributed by atoms with Crippen LogP contribution in [0.25, 0.3) is 28.2 Å². The van der Waals surface area contributed by atoms with E-state index >= 15 is 0 Å². The van der Waals surface area contributed by atoms with Gasteiger partial charge >= 0.3 is 5.69 Å². The minimum absolute atomic E-state index is 0.332. The fraction of sp³-hybridized carbons (Fsp3) is 0.0500. The second-order valence-corrected chi connectivity index (χ2v) is 6.34. The predicted molar refractivity (Wildman–Crippen MR) is 103 cm³/mol. The Morgan fingerprint density at radius 2 is 1.59 bits per heavy atom. The summed E-state index contributed by atoms with van der Waals surface area (Å²) in [5, 5.41) is 0. The van der Waals surface area contributed by atoms with E-state index in [1.165, 1.54) is 4.57 Å². The average molecular weight is 357 g/mol. The van der Waals surface area contributed by atoms with E-state index in [9.17, 15) is 9.59 Å². The highest BCUT2D eigenvalue weighted by Gasteiger charge is 2.17. The Bertz CT molecular complexity index is 1370. The summed E-state index contributed by atoms with van der Waals surface area (Å²) in [7, 11) is 0. The molecule has 0 aliphatic rings. The summed E-state index contributed by atoms with van der Waals surface area (Å²) >= 11 is 0. The van der Waals surface area contributed by atoms with Gasteiger partial charge in [0.05, 0.1) is 12.2 Å². The van der Waals surface area contributed by atoms with Gasteiger partial charge in [0.2, 0.25) is 5.78 Å². The fourth-order valence-electron chi connectivity index (χ4n) is 3.31. The molecule has 0 aliphatic carbocycles. The smallest absolute Gasteiger partial charge is 0.323 e. The van der Waals surface area contributed by atoms with Crippen molar-refractivity contribution in [2.24, 2.45) is 0 Å². The van der Waals surface area contributed by atoms with Crippen molar-refractivity contribution >= 4 is 16.9 Å². The van der Waals surface area contributed by atoms with Crippen molar-refractivity contribution in [1.29, 1.82) is 0 Å². The summed E-state index contributed by atoms with van der Waals surface area (Å²) in [6, 6.07) is 19.4. The van der Waals surface area contributed by atoms with Crippen molar-refractivity contribution in [1.82, 2.24) is 23.9 Å². The lowest BCUT2D eigenvalue weighted by Crippen LogP contribution is -2.31. The van der Waals surface area contributed by atoms with Gasteiger partial charge < -0.3 is 4.98 Å². The van der Waals surface area contributed by atoms with Gasteiger partial charge in [-0.2, -0.15) is 4.98 Å². The van der Waals surface area contributed by atoms with Gasteiger partial charge in [-0.1, -0.05) is 60.7 Å². The SMILES string of the molecule is O=c1[nH]c(=O)n(Cc2ccccc2)c2nc3[nH]c(-c4ccccc4)cn3c12. The van der Waals surface area contributed by atoms with Crippen LogP contribution in [0, 0.1) is 0 Å². The second kappa shape index (κ2) is 5.84. The number of imidazole rings is 2. The molecular formula is C20H15N5O2. The first-order chi connectivity index (χ1) is 13.2. The first-order valence-electron chi connectivity index (χ1n) is 8.54. The molecule has 0 atom stereocenters. The maximum absolute atomic E-state index is 12.5. The number of benzene rings is 2. The average Bonchev–Trinajstić information content (AvgIpc) is 3.25. The van der Waals surface area contributed by atoms with Crippen molar-refractivity contribution < 1.29 is 0 Å². The molecule has 3 aromatic heterocycles. The van der Waals surface area contributed by atoms with Crippen molar-refractivity contribution in [3.63, 3.8) is 0 Å². The van der Waals surface area contributed by atoms with E-state index in [1.807, 2.05) is 66.9 Å². The summed E-state index contributed by atoms with van der Waals surface area (Å²) in [6.07, 6.45) is 1.83. The minimum atomic E-state index is -0.472. The predicted octanol–water partition coefficient (Wildman–Crippen LogP) is 2.38. The molecule has 3 heterocycles. The molecule has 7 nitrogen and oxygen atoms in total. The van der Waals surface area contributed by atoms with Crippen LogP contribution in [0.2, 0.25) is 0 Å². The number of aromatic amines is 2. The molecule has 5 rings (SSSR count). The lowest BCUT2D eigenvalue weighted by molar-refractivity contribution is 0.748. The van der Waals surface area contributed by atoms with Gasteiger partial charge in [-0.3, -0.25) is 18.7 Å². The maximum atomic E-state index is 12.5. The second-order valence-electron chi connectivity index (χ2n) is 6.34. The van der Waals surface area contributed by atoms with Gasteiger partial charge in [-0.25, -0.2) is 4.79 Å².